The van der Waals surface area contributed by atoms with Crippen LogP contribution in [-0.4, -0.2) is 51.9 Å². The predicted molar refractivity (Wildman–Crippen MR) is 124 cm³/mol. The monoisotopic (exact) mass is 511 g/mol. The van der Waals surface area contributed by atoms with Gasteiger partial charge in [0.25, 0.3) is 5.91 Å². The molecule has 9 nitrogen and oxygen atoms in total. The van der Waals surface area contributed by atoms with Crippen molar-refractivity contribution in [1.29, 1.82) is 0 Å². The number of alkyl carbamates (subject to hydrolysis) is 1. The Morgan fingerprint density at radius 2 is 1.81 bits per heavy atom. The molecule has 12 heteroatoms. The van der Waals surface area contributed by atoms with Crippen LogP contribution in [-0.2, 0) is 15.7 Å². The van der Waals surface area contributed by atoms with Gasteiger partial charge in [-0.3, -0.25) is 9.59 Å². The molecule has 0 spiro atoms. The molecule has 0 aliphatic heterocycles. The molecule has 5 rings (SSSR count). The van der Waals surface area contributed by atoms with Crippen LogP contribution in [0.25, 0.3) is 6.20 Å². The second-order valence-corrected chi connectivity index (χ2v) is 10.9. The second-order valence-electron chi connectivity index (χ2n) is 10.9. The molecule has 4 fully saturated rings. The second kappa shape index (κ2) is 9.11. The summed E-state index contributed by atoms with van der Waals surface area (Å²) in [5.41, 5.74) is -3.06. The standard InChI is InChI=1S/C24H32F3N5O4/c1-13(33)30-23-9-14-7-15(10-23)18(16(8-14)11-23)29-20(34)17-12-28-32(19(17)24(25,26)27)6-5-22(2,3)31-21(35)36-4/h5-6,12,14-16,18H,7-11H2,1-4H3,(H,29,34)(H,30,33)(H,31,35)/b6-5+/t14?,15?,16?,18-,23-. The molecule has 4 aliphatic carbocycles. The molecule has 4 aliphatic rings. The number of hydrogen-bond donors (Lipinski definition) is 3. The maximum atomic E-state index is 14.0. The molecular weight excluding hydrogens is 479 g/mol. The van der Waals surface area contributed by atoms with Gasteiger partial charge in [0.1, 0.15) is 0 Å². The number of aromatic nitrogens is 2. The molecule has 3 amide bonds. The highest BCUT2D eigenvalue weighted by molar-refractivity contribution is 5.95. The zero-order valence-electron chi connectivity index (χ0n) is 20.7. The Labute approximate surface area is 207 Å². The number of rotatable bonds is 6. The van der Waals surface area contributed by atoms with Crippen LogP contribution in [0.5, 0.6) is 0 Å². The molecule has 1 aromatic rings. The van der Waals surface area contributed by atoms with Crippen molar-refractivity contribution in [3.8, 4) is 0 Å². The van der Waals surface area contributed by atoms with Crippen molar-refractivity contribution in [3.05, 3.63) is 23.5 Å². The number of nitrogens with one attached hydrogen (secondary N) is 3. The number of carbonyl (C=O) groups is 3. The van der Waals surface area contributed by atoms with Crippen molar-refractivity contribution in [2.75, 3.05) is 7.11 Å². The molecule has 198 valence electrons. The Bertz CT molecular complexity index is 1060. The van der Waals surface area contributed by atoms with E-state index in [4.69, 9.17) is 0 Å². The van der Waals surface area contributed by atoms with E-state index in [9.17, 15) is 27.6 Å². The molecule has 4 bridgehead atoms. The minimum Gasteiger partial charge on any atom is -0.453 e. The Morgan fingerprint density at radius 1 is 1.17 bits per heavy atom. The van der Waals surface area contributed by atoms with Gasteiger partial charge < -0.3 is 20.7 Å². The summed E-state index contributed by atoms with van der Waals surface area (Å²) in [6, 6.07) is -0.251. The van der Waals surface area contributed by atoms with E-state index >= 15 is 0 Å². The van der Waals surface area contributed by atoms with Gasteiger partial charge >= 0.3 is 12.3 Å². The van der Waals surface area contributed by atoms with Gasteiger partial charge in [-0.2, -0.15) is 18.3 Å². The lowest BCUT2D eigenvalue weighted by atomic mass is 9.51. The van der Waals surface area contributed by atoms with Crippen LogP contribution in [0, 0.1) is 17.8 Å². The lowest BCUT2D eigenvalue weighted by Crippen LogP contribution is -2.66. The average Bonchev–Trinajstić information content (AvgIpc) is 3.18. The quantitative estimate of drug-likeness (QED) is 0.542. The highest BCUT2D eigenvalue weighted by Gasteiger charge is 2.56. The lowest BCUT2D eigenvalue weighted by molar-refractivity contribution is -0.142. The third-order valence-corrected chi connectivity index (χ3v) is 7.56. The zero-order valence-corrected chi connectivity index (χ0v) is 20.7. The molecule has 3 N–H and O–H groups in total. The number of ether oxygens (including phenoxy) is 1. The first-order chi connectivity index (χ1) is 16.7. The van der Waals surface area contributed by atoms with Gasteiger partial charge in [-0.15, -0.1) is 0 Å². The van der Waals surface area contributed by atoms with E-state index < -0.39 is 35.0 Å². The highest BCUT2D eigenvalue weighted by Crippen LogP contribution is 2.55. The van der Waals surface area contributed by atoms with Crippen LogP contribution in [0.2, 0.25) is 0 Å². The van der Waals surface area contributed by atoms with Crippen LogP contribution >= 0.6 is 0 Å². The average molecular weight is 512 g/mol. The summed E-state index contributed by atoms with van der Waals surface area (Å²) in [4.78, 5) is 36.4. The number of halogens is 3. The molecule has 2 atom stereocenters. The fourth-order valence-electron chi connectivity index (χ4n) is 6.55. The highest BCUT2D eigenvalue weighted by atomic mass is 19.4. The number of carbonyl (C=O) groups excluding carboxylic acids is 3. The van der Waals surface area contributed by atoms with Gasteiger partial charge in [0.2, 0.25) is 5.91 Å². The molecule has 2 unspecified atom stereocenters. The third-order valence-electron chi connectivity index (χ3n) is 7.56. The van der Waals surface area contributed by atoms with E-state index in [1.54, 1.807) is 13.8 Å². The summed E-state index contributed by atoms with van der Waals surface area (Å²) in [7, 11) is 1.18. The fraction of sp³-hybridized carbons (Fsp3) is 0.667. The molecule has 0 radical (unpaired) electrons. The van der Waals surface area contributed by atoms with Gasteiger partial charge in [0.05, 0.1) is 24.4 Å². The van der Waals surface area contributed by atoms with E-state index in [-0.39, 0.29) is 29.3 Å². The summed E-state index contributed by atoms with van der Waals surface area (Å²) >= 11 is 0. The minimum absolute atomic E-state index is 0.0854. The Hall–Kier alpha value is -3.05. The van der Waals surface area contributed by atoms with Crippen LogP contribution < -0.4 is 16.0 Å². The first kappa shape index (κ1) is 26.0. The molecular formula is C24H32F3N5O4. The summed E-state index contributed by atoms with van der Waals surface area (Å²) in [6.45, 7) is 4.64. The van der Waals surface area contributed by atoms with Gasteiger partial charge in [-0.25, -0.2) is 9.48 Å². The number of hydrogen-bond acceptors (Lipinski definition) is 5. The van der Waals surface area contributed by atoms with Crippen molar-refractivity contribution in [1.82, 2.24) is 25.7 Å². The Morgan fingerprint density at radius 3 is 2.36 bits per heavy atom. The number of amides is 3. The molecule has 36 heavy (non-hydrogen) atoms. The fourth-order valence-corrected chi connectivity index (χ4v) is 6.55. The van der Waals surface area contributed by atoms with Gasteiger partial charge in [0, 0.05) is 24.7 Å². The molecule has 0 aromatic carbocycles. The minimum atomic E-state index is -4.84. The third kappa shape index (κ3) is 5.22. The SMILES string of the molecule is COC(=O)NC(C)(C)/C=C/n1ncc(C(=O)N[C@H]2C3CC4CC2C[C@](NC(C)=O)(C4)C3)c1C(F)(F)F. The van der Waals surface area contributed by atoms with E-state index in [2.05, 4.69) is 25.8 Å². The topological polar surface area (TPSA) is 114 Å². The van der Waals surface area contributed by atoms with Crippen molar-refractivity contribution >= 4 is 24.1 Å². The smallest absolute Gasteiger partial charge is 0.434 e. The van der Waals surface area contributed by atoms with E-state index in [0.29, 0.717) is 23.4 Å². The first-order valence-electron chi connectivity index (χ1n) is 12.0. The number of alkyl halides is 3. The van der Waals surface area contributed by atoms with Crippen LogP contribution in [0.4, 0.5) is 18.0 Å². The molecule has 1 aromatic heterocycles. The summed E-state index contributed by atoms with van der Waals surface area (Å²) in [5.74, 6) is -0.260. The van der Waals surface area contributed by atoms with E-state index in [1.165, 1.54) is 20.1 Å². The number of nitrogens with zero attached hydrogens (tertiary/aromatic N) is 2. The molecule has 4 saturated carbocycles. The zero-order chi connectivity index (χ0) is 26.5. The Kier molecular flexibility index (Phi) is 6.59. The van der Waals surface area contributed by atoms with Crippen LogP contribution in [0.15, 0.2) is 12.3 Å². The summed E-state index contributed by atoms with van der Waals surface area (Å²) in [6.07, 6.45) is 1.84. The van der Waals surface area contributed by atoms with Crippen molar-refractivity contribution in [2.45, 2.75) is 76.2 Å². The van der Waals surface area contributed by atoms with Crippen LogP contribution in [0.1, 0.15) is 68.9 Å². The van der Waals surface area contributed by atoms with E-state index in [1.807, 2.05) is 0 Å². The predicted octanol–water partition coefficient (Wildman–Crippen LogP) is 3.32. The van der Waals surface area contributed by atoms with Gasteiger partial charge in [-0.1, -0.05) is 0 Å². The summed E-state index contributed by atoms with van der Waals surface area (Å²) < 4.78 is 47.2. The normalized spacial score (nSPS) is 29.3. The van der Waals surface area contributed by atoms with Crippen molar-refractivity contribution < 1.29 is 32.3 Å². The van der Waals surface area contributed by atoms with Crippen molar-refractivity contribution in [3.63, 3.8) is 0 Å². The van der Waals surface area contributed by atoms with E-state index in [0.717, 1.165) is 31.7 Å². The maximum Gasteiger partial charge on any atom is 0.434 e. The molecule has 0 saturated heterocycles. The van der Waals surface area contributed by atoms with Crippen molar-refractivity contribution in [2.24, 2.45) is 17.8 Å². The van der Waals surface area contributed by atoms with Gasteiger partial charge in [-0.05, 0) is 69.8 Å². The maximum absolute atomic E-state index is 14.0. The number of methoxy groups -OCH3 is 1. The van der Waals surface area contributed by atoms with Gasteiger partial charge in [0.15, 0.2) is 5.69 Å². The van der Waals surface area contributed by atoms with Crippen LogP contribution in [0.3, 0.4) is 0 Å². The molecule has 1 heterocycles. The lowest BCUT2D eigenvalue weighted by Gasteiger charge is -2.60. The first-order valence-corrected chi connectivity index (χ1v) is 12.0. The Balaban J connectivity index is 1.54. The summed E-state index contributed by atoms with van der Waals surface area (Å²) in [5, 5.41) is 12.3. The largest absolute Gasteiger partial charge is 0.453 e.